The SMILES string of the molecule is CC(C)CCc1nnc(-c2cc(Cl)c(F)cc2NS(=O)(=O)c2ccc(C(C)(C)C)cc2)n1C. The molecule has 6 nitrogen and oxygen atoms in total. The van der Waals surface area contributed by atoms with Gasteiger partial charge in [0.15, 0.2) is 5.82 Å². The van der Waals surface area contributed by atoms with Crippen molar-refractivity contribution >= 4 is 27.3 Å². The van der Waals surface area contributed by atoms with E-state index >= 15 is 0 Å². The van der Waals surface area contributed by atoms with Gasteiger partial charge in [-0.1, -0.05) is 58.4 Å². The second-order valence-electron chi connectivity index (χ2n) is 9.62. The highest BCUT2D eigenvalue weighted by Crippen LogP contribution is 2.34. The number of nitrogens with one attached hydrogen (secondary N) is 1. The first-order chi connectivity index (χ1) is 15.3. The van der Waals surface area contributed by atoms with Gasteiger partial charge in [-0.3, -0.25) is 4.72 Å². The highest BCUT2D eigenvalue weighted by atomic mass is 35.5. The normalized spacial score (nSPS) is 12.4. The van der Waals surface area contributed by atoms with Gasteiger partial charge >= 0.3 is 0 Å². The molecule has 0 aliphatic heterocycles. The molecule has 3 aromatic rings. The highest BCUT2D eigenvalue weighted by molar-refractivity contribution is 7.92. The van der Waals surface area contributed by atoms with Crippen molar-refractivity contribution in [2.45, 2.75) is 57.8 Å². The first-order valence-corrected chi connectivity index (χ1v) is 12.7. The van der Waals surface area contributed by atoms with Crippen LogP contribution in [0, 0.1) is 11.7 Å². The Morgan fingerprint density at radius 2 is 1.76 bits per heavy atom. The van der Waals surface area contributed by atoms with Crippen LogP contribution in [0.3, 0.4) is 0 Å². The number of sulfonamides is 1. The molecule has 0 unspecified atom stereocenters. The number of halogens is 2. The summed E-state index contributed by atoms with van der Waals surface area (Å²) in [5.74, 6) is 0.919. The van der Waals surface area contributed by atoms with Crippen molar-refractivity contribution < 1.29 is 12.8 Å². The molecule has 0 fully saturated rings. The van der Waals surface area contributed by atoms with Gasteiger partial charge in [0.2, 0.25) is 0 Å². The van der Waals surface area contributed by atoms with Crippen LogP contribution in [0.5, 0.6) is 0 Å². The fraction of sp³-hybridized carbons (Fsp3) is 0.417. The molecule has 1 N–H and O–H groups in total. The van der Waals surface area contributed by atoms with E-state index in [-0.39, 0.29) is 21.0 Å². The Bertz CT molecular complexity index is 1250. The summed E-state index contributed by atoms with van der Waals surface area (Å²) >= 11 is 6.04. The van der Waals surface area contributed by atoms with E-state index in [4.69, 9.17) is 11.6 Å². The quantitative estimate of drug-likeness (QED) is 0.441. The van der Waals surface area contributed by atoms with Crippen LogP contribution in [0.15, 0.2) is 41.3 Å². The molecule has 1 aromatic heterocycles. The monoisotopic (exact) mass is 492 g/mol. The van der Waals surface area contributed by atoms with Crippen molar-refractivity contribution in [3.8, 4) is 11.4 Å². The van der Waals surface area contributed by atoms with E-state index in [1.165, 1.54) is 6.07 Å². The van der Waals surface area contributed by atoms with Crippen molar-refractivity contribution in [2.75, 3.05) is 4.72 Å². The molecule has 1 heterocycles. The summed E-state index contributed by atoms with van der Waals surface area (Å²) in [5.41, 5.74) is 1.29. The topological polar surface area (TPSA) is 76.9 Å². The Labute approximate surface area is 200 Å². The highest BCUT2D eigenvalue weighted by Gasteiger charge is 2.23. The number of aromatic nitrogens is 3. The standard InChI is InChI=1S/C24H30ClFN4O2S/c1-15(2)7-12-22-27-28-23(30(22)6)18-13-19(25)20(26)14-21(18)29-33(31,32)17-10-8-16(9-11-17)24(3,4)5/h8-11,13-15,29H,7,12H2,1-6H3. The first-order valence-electron chi connectivity index (χ1n) is 10.8. The van der Waals surface area contributed by atoms with E-state index in [1.54, 1.807) is 35.9 Å². The average Bonchev–Trinajstić information content (AvgIpc) is 3.08. The van der Waals surface area contributed by atoms with Crippen LogP contribution in [-0.4, -0.2) is 23.2 Å². The van der Waals surface area contributed by atoms with Crippen molar-refractivity contribution in [2.24, 2.45) is 13.0 Å². The lowest BCUT2D eigenvalue weighted by molar-refractivity contribution is 0.566. The number of rotatable bonds is 7. The van der Waals surface area contributed by atoms with Crippen molar-refractivity contribution in [3.05, 3.63) is 58.6 Å². The lowest BCUT2D eigenvalue weighted by Crippen LogP contribution is -2.16. The largest absolute Gasteiger partial charge is 0.314 e. The van der Waals surface area contributed by atoms with Gasteiger partial charge in [-0.05, 0) is 41.5 Å². The summed E-state index contributed by atoms with van der Waals surface area (Å²) in [4.78, 5) is 0.0763. The number of benzene rings is 2. The molecule has 0 aliphatic carbocycles. The smallest absolute Gasteiger partial charge is 0.261 e. The predicted octanol–water partition coefficient (Wildman–Crippen LogP) is 5.96. The maximum atomic E-state index is 14.3. The Morgan fingerprint density at radius 3 is 2.33 bits per heavy atom. The minimum Gasteiger partial charge on any atom is -0.314 e. The van der Waals surface area contributed by atoms with E-state index in [0.717, 1.165) is 30.3 Å². The van der Waals surface area contributed by atoms with Gasteiger partial charge in [0, 0.05) is 25.1 Å². The molecule has 0 amide bonds. The fourth-order valence-corrected chi connectivity index (χ4v) is 4.62. The van der Waals surface area contributed by atoms with Gasteiger partial charge in [-0.2, -0.15) is 0 Å². The third kappa shape index (κ3) is 5.73. The molecular formula is C24H30ClFN4O2S. The van der Waals surface area contributed by atoms with Crippen LogP contribution >= 0.6 is 11.6 Å². The Morgan fingerprint density at radius 1 is 1.12 bits per heavy atom. The van der Waals surface area contributed by atoms with E-state index in [0.29, 0.717) is 17.3 Å². The van der Waals surface area contributed by atoms with Crippen LogP contribution in [0.2, 0.25) is 5.02 Å². The molecule has 0 saturated heterocycles. The fourth-order valence-electron chi connectivity index (χ4n) is 3.39. The molecule has 0 atom stereocenters. The van der Waals surface area contributed by atoms with Crippen molar-refractivity contribution in [1.29, 1.82) is 0 Å². The zero-order chi connectivity index (χ0) is 24.6. The lowest BCUT2D eigenvalue weighted by Gasteiger charge is -2.19. The van der Waals surface area contributed by atoms with Gasteiger partial charge in [0.05, 0.1) is 15.6 Å². The van der Waals surface area contributed by atoms with Gasteiger partial charge in [0.25, 0.3) is 10.0 Å². The predicted molar refractivity (Wildman–Crippen MR) is 131 cm³/mol. The molecule has 0 bridgehead atoms. The van der Waals surface area contributed by atoms with Gasteiger partial charge < -0.3 is 4.57 Å². The summed E-state index contributed by atoms with van der Waals surface area (Å²) < 4.78 is 44.8. The van der Waals surface area contributed by atoms with E-state index in [9.17, 15) is 12.8 Å². The van der Waals surface area contributed by atoms with Crippen LogP contribution < -0.4 is 4.72 Å². The van der Waals surface area contributed by atoms with Crippen molar-refractivity contribution in [1.82, 2.24) is 14.8 Å². The number of hydrogen-bond donors (Lipinski definition) is 1. The molecule has 0 aliphatic rings. The summed E-state index contributed by atoms with van der Waals surface area (Å²) in [6.07, 6.45) is 1.65. The summed E-state index contributed by atoms with van der Waals surface area (Å²) in [7, 11) is -2.18. The molecule has 0 saturated carbocycles. The zero-order valence-electron chi connectivity index (χ0n) is 19.8. The van der Waals surface area contributed by atoms with Crippen LogP contribution in [-0.2, 0) is 28.9 Å². The molecule has 3 rings (SSSR count). The molecule has 33 heavy (non-hydrogen) atoms. The Kier molecular flexibility index (Phi) is 7.19. The Hall–Kier alpha value is -2.45. The third-order valence-electron chi connectivity index (χ3n) is 5.49. The third-order valence-corrected chi connectivity index (χ3v) is 7.16. The maximum Gasteiger partial charge on any atom is 0.261 e. The first kappa shape index (κ1) is 25.2. The summed E-state index contributed by atoms with van der Waals surface area (Å²) in [5, 5.41) is 8.35. The minimum absolute atomic E-state index is 0.0442. The van der Waals surface area contributed by atoms with Crippen LogP contribution in [0.25, 0.3) is 11.4 Å². The number of anilines is 1. The van der Waals surface area contributed by atoms with E-state index in [2.05, 4.69) is 28.8 Å². The second kappa shape index (κ2) is 9.43. The molecule has 2 aromatic carbocycles. The average molecular weight is 493 g/mol. The number of nitrogens with zero attached hydrogens (tertiary/aromatic N) is 3. The second-order valence-corrected chi connectivity index (χ2v) is 11.7. The van der Waals surface area contributed by atoms with Gasteiger partial charge in [-0.15, -0.1) is 10.2 Å². The van der Waals surface area contributed by atoms with E-state index in [1.807, 2.05) is 20.8 Å². The Balaban J connectivity index is 2.00. The van der Waals surface area contributed by atoms with E-state index < -0.39 is 15.8 Å². The van der Waals surface area contributed by atoms with Gasteiger partial charge in [-0.25, -0.2) is 12.8 Å². The molecule has 178 valence electrons. The number of hydrogen-bond acceptors (Lipinski definition) is 4. The van der Waals surface area contributed by atoms with Crippen LogP contribution in [0.4, 0.5) is 10.1 Å². The zero-order valence-corrected chi connectivity index (χ0v) is 21.4. The maximum absolute atomic E-state index is 14.3. The van der Waals surface area contributed by atoms with Gasteiger partial charge in [0.1, 0.15) is 11.6 Å². The summed E-state index contributed by atoms with van der Waals surface area (Å²) in [6.45, 7) is 10.4. The van der Waals surface area contributed by atoms with Crippen LogP contribution in [0.1, 0.15) is 52.4 Å². The molecule has 0 radical (unpaired) electrons. The molecular weight excluding hydrogens is 463 g/mol. The molecule has 9 heteroatoms. The van der Waals surface area contributed by atoms with Crippen molar-refractivity contribution in [3.63, 3.8) is 0 Å². The molecule has 0 spiro atoms. The minimum atomic E-state index is -3.98. The number of aryl methyl sites for hydroxylation is 1. The lowest BCUT2D eigenvalue weighted by atomic mass is 9.87. The summed E-state index contributed by atoms with van der Waals surface area (Å²) in [6, 6.07) is 9.08.